The van der Waals surface area contributed by atoms with E-state index in [1.807, 2.05) is 9.80 Å². The van der Waals surface area contributed by atoms with E-state index in [0.717, 1.165) is 56.9 Å². The van der Waals surface area contributed by atoms with Crippen molar-refractivity contribution >= 4 is 12.0 Å². The first kappa shape index (κ1) is 23.4. The summed E-state index contributed by atoms with van der Waals surface area (Å²) >= 11 is 0. The summed E-state index contributed by atoms with van der Waals surface area (Å²) in [7, 11) is 1.11. The van der Waals surface area contributed by atoms with Crippen LogP contribution in [0.4, 0.5) is 18.0 Å². The number of nitrogens with one attached hydrogen (secondary N) is 1. The predicted molar refractivity (Wildman–Crippen MR) is 116 cm³/mol. The number of carbonyl (C=O) groups is 2. The lowest BCUT2D eigenvalue weighted by Gasteiger charge is -2.59. The van der Waals surface area contributed by atoms with Crippen molar-refractivity contribution in [1.29, 1.82) is 0 Å². The van der Waals surface area contributed by atoms with Crippen molar-refractivity contribution in [3.8, 4) is 5.75 Å². The molecule has 1 aliphatic carbocycles. The van der Waals surface area contributed by atoms with Gasteiger partial charge in [0.05, 0.1) is 7.11 Å². The van der Waals surface area contributed by atoms with Gasteiger partial charge in [-0.25, -0.2) is 14.6 Å². The third-order valence-corrected chi connectivity index (χ3v) is 7.24. The first-order valence-corrected chi connectivity index (χ1v) is 11.5. The third-order valence-electron chi connectivity index (χ3n) is 7.24. The number of H-pyrrole nitrogens is 1. The van der Waals surface area contributed by atoms with Gasteiger partial charge in [-0.05, 0) is 49.3 Å². The van der Waals surface area contributed by atoms with E-state index in [9.17, 15) is 22.8 Å². The molecule has 5 rings (SSSR count). The molecule has 3 aliphatic rings. The van der Waals surface area contributed by atoms with Crippen LogP contribution >= 0.6 is 0 Å². The van der Waals surface area contributed by atoms with E-state index in [4.69, 9.17) is 0 Å². The molecule has 1 N–H and O–H groups in total. The number of hydrogen-bond donors (Lipinski definition) is 1. The van der Waals surface area contributed by atoms with Crippen molar-refractivity contribution in [1.82, 2.24) is 25.0 Å². The van der Waals surface area contributed by atoms with Gasteiger partial charge in [0.1, 0.15) is 23.5 Å². The number of urea groups is 1. The largest absolute Gasteiger partial charge is 0.573 e. The van der Waals surface area contributed by atoms with Gasteiger partial charge in [-0.15, -0.1) is 13.2 Å². The van der Waals surface area contributed by atoms with E-state index in [1.165, 1.54) is 12.4 Å². The molecule has 1 spiro atoms. The summed E-state index contributed by atoms with van der Waals surface area (Å²) in [4.78, 5) is 32.8. The van der Waals surface area contributed by atoms with Crippen LogP contribution in [0.15, 0.2) is 24.5 Å². The molecule has 1 aromatic carbocycles. The quantitative estimate of drug-likeness (QED) is 0.642. The number of benzene rings is 1. The number of carbonyl (C=O) groups excluding carboxylic acids is 2. The average Bonchev–Trinajstić information content (AvgIpc) is 3.45. The minimum atomic E-state index is -4.90. The molecule has 0 radical (unpaired) electrons. The summed E-state index contributed by atoms with van der Waals surface area (Å²) in [5.41, 5.74) is 0.628. The fraction of sp³-hybridized carbons (Fsp3) is 0.565. The zero-order chi connectivity index (χ0) is 24.8. The fourth-order valence-electron chi connectivity index (χ4n) is 5.76. The molecular formula is C23H26F3N5O4. The van der Waals surface area contributed by atoms with Crippen molar-refractivity contribution in [2.45, 2.75) is 38.0 Å². The highest BCUT2D eigenvalue weighted by molar-refractivity contribution is 5.92. The summed E-state index contributed by atoms with van der Waals surface area (Å²) in [5.74, 6) is -0.103. The second-order valence-corrected chi connectivity index (χ2v) is 9.79. The zero-order valence-electron chi connectivity index (χ0n) is 19.2. The van der Waals surface area contributed by atoms with E-state index >= 15 is 0 Å². The maximum Gasteiger partial charge on any atom is 0.573 e. The Morgan fingerprint density at radius 1 is 1.23 bits per heavy atom. The van der Waals surface area contributed by atoms with Gasteiger partial charge in [0, 0.05) is 37.5 Å². The van der Waals surface area contributed by atoms with E-state index in [-0.39, 0.29) is 22.9 Å². The summed E-state index contributed by atoms with van der Waals surface area (Å²) < 4.78 is 46.5. The molecule has 3 heterocycles. The number of amides is 2. The normalized spacial score (nSPS) is 21.5. The number of aromatic nitrogens is 3. The van der Waals surface area contributed by atoms with Crippen LogP contribution in [-0.2, 0) is 11.2 Å². The van der Waals surface area contributed by atoms with Gasteiger partial charge in [-0.3, -0.25) is 5.10 Å². The van der Waals surface area contributed by atoms with Crippen LogP contribution in [0.25, 0.3) is 0 Å². The van der Waals surface area contributed by atoms with E-state index < -0.39 is 18.1 Å². The number of ether oxygens (including phenoxy) is 2. The van der Waals surface area contributed by atoms with Crippen LogP contribution in [0.5, 0.6) is 5.75 Å². The molecule has 12 heteroatoms. The first-order chi connectivity index (χ1) is 16.6. The monoisotopic (exact) mass is 493 g/mol. The minimum absolute atomic E-state index is 0.0593. The molecule has 1 unspecified atom stereocenters. The van der Waals surface area contributed by atoms with Crippen LogP contribution < -0.4 is 4.74 Å². The topological polar surface area (TPSA) is 101 Å². The van der Waals surface area contributed by atoms with Crippen molar-refractivity contribution in [2.24, 2.45) is 11.3 Å². The number of halogens is 3. The number of likely N-dealkylation sites (tertiary alicyclic amines) is 2. The Balaban J connectivity index is 1.12. The van der Waals surface area contributed by atoms with Crippen LogP contribution in [0.1, 0.15) is 46.9 Å². The number of esters is 1. The van der Waals surface area contributed by atoms with Crippen molar-refractivity contribution in [2.75, 3.05) is 33.3 Å². The Hall–Kier alpha value is -3.31. The Bertz CT molecular complexity index is 1090. The number of hydrogen-bond acceptors (Lipinski definition) is 6. The lowest BCUT2D eigenvalue weighted by atomic mass is 9.56. The van der Waals surface area contributed by atoms with E-state index in [1.54, 1.807) is 6.07 Å². The standard InChI is InChI=1S/C23H26F3N5O4/c1-34-20(32)17-7-14(2-3-18(17)35-23(24,25)26)6-15-8-22(9-15)11-31(12-22)21(33)30-5-4-16(10-30)19-27-13-28-29-19/h2-3,7,13,15-16H,4-6,8-12H2,1H3,(H,27,28,29). The lowest BCUT2D eigenvalue weighted by Crippen LogP contribution is -2.65. The summed E-state index contributed by atoms with van der Waals surface area (Å²) in [6.07, 6.45) is -0.0476. The smallest absolute Gasteiger partial charge is 0.465 e. The predicted octanol–water partition coefficient (Wildman–Crippen LogP) is 3.35. The average molecular weight is 493 g/mol. The van der Waals surface area contributed by atoms with E-state index in [0.29, 0.717) is 25.4 Å². The number of alkyl halides is 3. The molecule has 2 saturated heterocycles. The van der Waals surface area contributed by atoms with Crippen LogP contribution in [0.3, 0.4) is 0 Å². The fourth-order valence-corrected chi connectivity index (χ4v) is 5.76. The third kappa shape index (κ3) is 4.78. The second-order valence-electron chi connectivity index (χ2n) is 9.79. The Morgan fingerprint density at radius 2 is 2.00 bits per heavy atom. The molecule has 9 nitrogen and oxygen atoms in total. The van der Waals surface area contributed by atoms with Gasteiger partial charge in [0.25, 0.3) is 0 Å². The molecular weight excluding hydrogens is 467 g/mol. The van der Waals surface area contributed by atoms with Gasteiger partial charge in [-0.1, -0.05) is 6.07 Å². The molecule has 188 valence electrons. The number of methoxy groups -OCH3 is 1. The number of rotatable bonds is 5. The van der Waals surface area contributed by atoms with Crippen molar-refractivity contribution in [3.63, 3.8) is 0 Å². The maximum absolute atomic E-state index is 12.9. The van der Waals surface area contributed by atoms with Crippen LogP contribution in [0, 0.1) is 11.3 Å². The Labute approximate surface area is 199 Å². The summed E-state index contributed by atoms with van der Waals surface area (Å²) in [6, 6.07) is 4.18. The highest BCUT2D eigenvalue weighted by Gasteiger charge is 2.54. The van der Waals surface area contributed by atoms with Gasteiger partial charge in [0.2, 0.25) is 0 Å². The highest BCUT2D eigenvalue weighted by atomic mass is 19.4. The first-order valence-electron chi connectivity index (χ1n) is 11.5. The molecule has 3 fully saturated rings. The van der Waals surface area contributed by atoms with Gasteiger partial charge >= 0.3 is 18.4 Å². The van der Waals surface area contributed by atoms with Crippen LogP contribution in [-0.4, -0.2) is 76.6 Å². The Morgan fingerprint density at radius 3 is 2.66 bits per heavy atom. The highest BCUT2D eigenvalue weighted by Crippen LogP contribution is 2.53. The molecule has 35 heavy (non-hydrogen) atoms. The van der Waals surface area contributed by atoms with Gasteiger partial charge in [0.15, 0.2) is 0 Å². The Kier molecular flexibility index (Phi) is 5.84. The molecule has 1 saturated carbocycles. The lowest BCUT2D eigenvalue weighted by molar-refractivity contribution is -0.274. The molecule has 2 aromatic rings. The molecule has 1 atom stereocenters. The minimum Gasteiger partial charge on any atom is -0.465 e. The molecule has 2 amide bonds. The summed E-state index contributed by atoms with van der Waals surface area (Å²) in [6.45, 7) is 2.78. The maximum atomic E-state index is 12.9. The van der Waals surface area contributed by atoms with Crippen molar-refractivity contribution in [3.05, 3.63) is 41.5 Å². The van der Waals surface area contributed by atoms with E-state index in [2.05, 4.69) is 24.7 Å². The van der Waals surface area contributed by atoms with Crippen molar-refractivity contribution < 1.29 is 32.2 Å². The molecule has 0 bridgehead atoms. The number of aromatic amines is 1. The van der Waals surface area contributed by atoms with Crippen LogP contribution in [0.2, 0.25) is 0 Å². The number of nitrogens with zero attached hydrogens (tertiary/aromatic N) is 4. The SMILES string of the molecule is COC(=O)c1cc(CC2CC3(C2)CN(C(=O)N2CCC(c4ncn[nH]4)C2)C3)ccc1OC(F)(F)F. The summed E-state index contributed by atoms with van der Waals surface area (Å²) in [5, 5.41) is 6.77. The zero-order valence-corrected chi connectivity index (χ0v) is 19.2. The van der Waals surface area contributed by atoms with Gasteiger partial charge < -0.3 is 19.3 Å². The second kappa shape index (κ2) is 8.72. The van der Waals surface area contributed by atoms with Gasteiger partial charge in [-0.2, -0.15) is 5.10 Å². The molecule has 2 aliphatic heterocycles. The molecule has 1 aromatic heterocycles.